The van der Waals surface area contributed by atoms with Crippen LogP contribution in [0.5, 0.6) is 0 Å². The first-order chi connectivity index (χ1) is 13.4. The molecule has 148 valence electrons. The minimum atomic E-state index is -4.09. The highest BCUT2D eigenvalue weighted by Gasteiger charge is 2.34. The number of urea groups is 1. The first-order valence-electron chi connectivity index (χ1n) is 8.97. The number of fused-ring (bicyclic) bond motifs is 1. The first kappa shape index (κ1) is 18.8. The molecule has 1 saturated heterocycles. The lowest BCUT2D eigenvalue weighted by molar-refractivity contribution is 0.178. The number of rotatable bonds is 2. The Hall–Kier alpha value is -2.52. The number of amides is 2. The Kier molecular flexibility index (Phi) is 4.80. The van der Waals surface area contributed by atoms with Crippen LogP contribution in [0.2, 0.25) is 0 Å². The van der Waals surface area contributed by atoms with E-state index in [2.05, 4.69) is 0 Å². The molecule has 0 aliphatic carbocycles. The highest BCUT2D eigenvalue weighted by Crippen LogP contribution is 2.29. The van der Waals surface area contributed by atoms with Crippen LogP contribution in [0.15, 0.2) is 47.4 Å². The van der Waals surface area contributed by atoms with Gasteiger partial charge in [-0.3, -0.25) is 4.90 Å². The molecule has 2 heterocycles. The second kappa shape index (κ2) is 7.14. The van der Waals surface area contributed by atoms with E-state index in [1.165, 1.54) is 0 Å². The lowest BCUT2D eigenvalue weighted by Crippen LogP contribution is -2.54. The Labute approximate surface area is 162 Å². The van der Waals surface area contributed by atoms with Gasteiger partial charge in [0.15, 0.2) is 0 Å². The first-order valence-corrected chi connectivity index (χ1v) is 10.4. The minimum absolute atomic E-state index is 0.0559. The molecule has 2 aromatic rings. The van der Waals surface area contributed by atoms with Gasteiger partial charge in [-0.25, -0.2) is 22.0 Å². The van der Waals surface area contributed by atoms with Gasteiger partial charge in [0.05, 0.1) is 0 Å². The fourth-order valence-electron chi connectivity index (χ4n) is 3.65. The number of hydrogen-bond donors (Lipinski definition) is 0. The van der Waals surface area contributed by atoms with Crippen molar-refractivity contribution in [3.63, 3.8) is 0 Å². The second-order valence-electron chi connectivity index (χ2n) is 6.78. The number of sulfonamides is 1. The van der Waals surface area contributed by atoms with E-state index < -0.39 is 26.6 Å². The lowest BCUT2D eigenvalue weighted by Gasteiger charge is -2.36. The van der Waals surface area contributed by atoms with Crippen molar-refractivity contribution < 1.29 is 22.0 Å². The van der Waals surface area contributed by atoms with Crippen LogP contribution in [0.25, 0.3) is 0 Å². The standard InChI is InChI=1S/C19H19F2N3O3S/c20-15-5-6-18(16(21)13-15)28(26,27)23-11-9-22(10-12-23)19(25)24-8-7-14-3-1-2-4-17(14)24/h1-6,13H,7-12H2. The average molecular weight is 407 g/mol. The summed E-state index contributed by atoms with van der Waals surface area (Å²) in [6.07, 6.45) is 0.792. The summed E-state index contributed by atoms with van der Waals surface area (Å²) in [5, 5.41) is 0. The van der Waals surface area contributed by atoms with Gasteiger partial charge in [0.25, 0.3) is 0 Å². The molecule has 0 aromatic heterocycles. The maximum absolute atomic E-state index is 13.9. The predicted octanol–water partition coefficient (Wildman–Crippen LogP) is 2.45. The van der Waals surface area contributed by atoms with Crippen molar-refractivity contribution in [3.05, 3.63) is 59.7 Å². The summed E-state index contributed by atoms with van der Waals surface area (Å²) in [4.78, 5) is 15.6. The summed E-state index contributed by atoms with van der Waals surface area (Å²) in [6.45, 7) is 1.12. The third-order valence-corrected chi connectivity index (χ3v) is 7.07. The molecule has 6 nitrogen and oxygen atoms in total. The maximum Gasteiger partial charge on any atom is 0.324 e. The van der Waals surface area contributed by atoms with E-state index >= 15 is 0 Å². The normalized spacial score (nSPS) is 17.6. The molecule has 2 aromatic carbocycles. The Morgan fingerprint density at radius 1 is 0.929 bits per heavy atom. The van der Waals surface area contributed by atoms with Crippen LogP contribution in [-0.4, -0.2) is 56.4 Å². The van der Waals surface area contributed by atoms with Crippen molar-refractivity contribution in [2.45, 2.75) is 11.3 Å². The van der Waals surface area contributed by atoms with Crippen LogP contribution < -0.4 is 4.90 Å². The van der Waals surface area contributed by atoms with Crippen molar-refractivity contribution in [2.75, 3.05) is 37.6 Å². The summed E-state index contributed by atoms with van der Waals surface area (Å²) in [6, 6.07) is 9.95. The van der Waals surface area contributed by atoms with Crippen LogP contribution in [0.3, 0.4) is 0 Å². The summed E-state index contributed by atoms with van der Waals surface area (Å²) in [5.74, 6) is -1.95. The third-order valence-electron chi connectivity index (χ3n) is 5.14. The molecule has 2 amide bonds. The highest BCUT2D eigenvalue weighted by atomic mass is 32.2. The molecule has 28 heavy (non-hydrogen) atoms. The van der Waals surface area contributed by atoms with E-state index in [1.54, 1.807) is 9.80 Å². The van der Waals surface area contributed by atoms with E-state index in [4.69, 9.17) is 0 Å². The van der Waals surface area contributed by atoms with Gasteiger partial charge in [-0.05, 0) is 30.2 Å². The van der Waals surface area contributed by atoms with Gasteiger partial charge in [-0.15, -0.1) is 0 Å². The van der Waals surface area contributed by atoms with Gasteiger partial charge >= 0.3 is 6.03 Å². The monoisotopic (exact) mass is 407 g/mol. The fraction of sp³-hybridized carbons (Fsp3) is 0.316. The summed E-state index contributed by atoms with van der Waals surface area (Å²) in [5.41, 5.74) is 2.00. The molecule has 0 spiro atoms. The van der Waals surface area contributed by atoms with Crippen LogP contribution in [0.4, 0.5) is 19.3 Å². The number of para-hydroxylation sites is 1. The Bertz CT molecular complexity index is 1020. The molecule has 1 fully saturated rings. The predicted molar refractivity (Wildman–Crippen MR) is 99.6 cm³/mol. The zero-order valence-electron chi connectivity index (χ0n) is 15.0. The SMILES string of the molecule is O=C(N1CCN(S(=O)(=O)c2ccc(F)cc2F)CC1)N1CCc2ccccc21. The molecule has 0 N–H and O–H groups in total. The molecule has 0 saturated carbocycles. The number of piperazine rings is 1. The van der Waals surface area contributed by atoms with E-state index in [9.17, 15) is 22.0 Å². The quantitative estimate of drug-likeness (QED) is 0.768. The molecule has 0 bridgehead atoms. The third kappa shape index (κ3) is 3.24. The Morgan fingerprint density at radius 3 is 2.36 bits per heavy atom. The largest absolute Gasteiger partial charge is 0.324 e. The number of nitrogens with zero attached hydrogens (tertiary/aromatic N) is 3. The molecular formula is C19H19F2N3O3S. The van der Waals surface area contributed by atoms with Crippen molar-refractivity contribution >= 4 is 21.7 Å². The van der Waals surface area contributed by atoms with Crippen LogP contribution >= 0.6 is 0 Å². The number of hydrogen-bond acceptors (Lipinski definition) is 3. The van der Waals surface area contributed by atoms with Gasteiger partial charge in [0, 0.05) is 44.5 Å². The topological polar surface area (TPSA) is 60.9 Å². The smallest absolute Gasteiger partial charge is 0.322 e. The van der Waals surface area contributed by atoms with Gasteiger partial charge < -0.3 is 4.90 Å². The average Bonchev–Trinajstić information content (AvgIpc) is 3.11. The van der Waals surface area contributed by atoms with Crippen LogP contribution in [0.1, 0.15) is 5.56 Å². The number of anilines is 1. The van der Waals surface area contributed by atoms with Crippen LogP contribution in [-0.2, 0) is 16.4 Å². The zero-order chi connectivity index (χ0) is 19.9. The fourth-order valence-corrected chi connectivity index (χ4v) is 5.12. The van der Waals surface area contributed by atoms with Crippen molar-refractivity contribution in [2.24, 2.45) is 0 Å². The van der Waals surface area contributed by atoms with Gasteiger partial charge in [-0.1, -0.05) is 18.2 Å². The highest BCUT2D eigenvalue weighted by molar-refractivity contribution is 7.89. The molecule has 2 aliphatic heterocycles. The number of benzene rings is 2. The summed E-state index contributed by atoms with van der Waals surface area (Å²) >= 11 is 0. The number of carbonyl (C=O) groups excluding carboxylic acids is 1. The molecule has 0 radical (unpaired) electrons. The molecular weight excluding hydrogens is 388 g/mol. The minimum Gasteiger partial charge on any atom is -0.322 e. The molecule has 9 heteroatoms. The number of carbonyl (C=O) groups is 1. The van der Waals surface area contributed by atoms with E-state index in [0.717, 1.165) is 34.1 Å². The van der Waals surface area contributed by atoms with Gasteiger partial charge in [0.1, 0.15) is 16.5 Å². The zero-order valence-corrected chi connectivity index (χ0v) is 15.8. The van der Waals surface area contributed by atoms with E-state index in [1.807, 2.05) is 24.3 Å². The Morgan fingerprint density at radius 2 is 1.64 bits per heavy atom. The Balaban J connectivity index is 1.45. The maximum atomic E-state index is 13.9. The van der Waals surface area contributed by atoms with Crippen molar-refractivity contribution in [3.8, 4) is 0 Å². The summed E-state index contributed by atoms with van der Waals surface area (Å²) < 4.78 is 53.5. The molecule has 0 unspecified atom stereocenters. The summed E-state index contributed by atoms with van der Waals surface area (Å²) in [7, 11) is -4.09. The lowest BCUT2D eigenvalue weighted by atomic mass is 10.2. The molecule has 0 atom stereocenters. The van der Waals surface area contributed by atoms with E-state index in [-0.39, 0.29) is 32.2 Å². The van der Waals surface area contributed by atoms with Crippen LogP contribution in [0, 0.1) is 11.6 Å². The van der Waals surface area contributed by atoms with Crippen molar-refractivity contribution in [1.29, 1.82) is 0 Å². The van der Waals surface area contributed by atoms with Gasteiger partial charge in [-0.2, -0.15) is 4.31 Å². The second-order valence-corrected chi connectivity index (χ2v) is 8.69. The van der Waals surface area contributed by atoms with Gasteiger partial charge in [0.2, 0.25) is 10.0 Å². The molecule has 4 rings (SSSR count). The molecule has 2 aliphatic rings. The number of halogens is 2. The van der Waals surface area contributed by atoms with E-state index in [0.29, 0.717) is 12.6 Å². The van der Waals surface area contributed by atoms with Crippen molar-refractivity contribution in [1.82, 2.24) is 9.21 Å².